The number of rotatable bonds is 4. The van der Waals surface area contributed by atoms with E-state index in [1.807, 2.05) is 0 Å². The molecule has 0 unspecified atom stereocenters. The van der Waals surface area contributed by atoms with E-state index in [-0.39, 0.29) is 21.4 Å². The molecular formula is C17H16ClN3O5S. The van der Waals surface area contributed by atoms with Gasteiger partial charge in [-0.15, -0.1) is 0 Å². The molecule has 0 radical (unpaired) electrons. The summed E-state index contributed by atoms with van der Waals surface area (Å²) in [5, 5.41) is 5.34. The molecule has 3 rings (SSSR count). The maximum atomic E-state index is 12.5. The maximum absolute atomic E-state index is 12.5. The fourth-order valence-electron chi connectivity index (χ4n) is 2.45. The van der Waals surface area contributed by atoms with Gasteiger partial charge in [-0.3, -0.25) is 9.59 Å². The van der Waals surface area contributed by atoms with Crippen molar-refractivity contribution in [3.05, 3.63) is 47.0 Å². The van der Waals surface area contributed by atoms with Crippen LogP contribution in [0.25, 0.3) is 0 Å². The van der Waals surface area contributed by atoms with Crippen LogP contribution in [-0.4, -0.2) is 33.4 Å². The molecule has 0 saturated carbocycles. The summed E-state index contributed by atoms with van der Waals surface area (Å²) in [5.41, 5.74) is 0.954. The Labute approximate surface area is 160 Å². The van der Waals surface area contributed by atoms with Crippen LogP contribution < -0.4 is 20.1 Å². The number of hydrogen-bond acceptors (Lipinski definition) is 5. The lowest BCUT2D eigenvalue weighted by molar-refractivity contribution is -0.122. The zero-order valence-corrected chi connectivity index (χ0v) is 15.9. The molecule has 3 N–H and O–H groups in total. The third-order valence-corrected chi connectivity index (χ3v) is 5.82. The maximum Gasteiger partial charge on any atom is 0.265 e. The van der Waals surface area contributed by atoms with Crippen LogP contribution in [0, 0.1) is 0 Å². The van der Waals surface area contributed by atoms with E-state index in [9.17, 15) is 18.0 Å². The van der Waals surface area contributed by atoms with Crippen LogP contribution >= 0.6 is 11.6 Å². The smallest absolute Gasteiger partial charge is 0.265 e. The summed E-state index contributed by atoms with van der Waals surface area (Å²) in [6.07, 6.45) is -0.598. The Morgan fingerprint density at radius 2 is 1.96 bits per heavy atom. The largest absolute Gasteiger partial charge is 0.479 e. The molecule has 2 aromatic rings. The summed E-state index contributed by atoms with van der Waals surface area (Å²) in [6.45, 7) is 1.63. The van der Waals surface area contributed by atoms with E-state index < -0.39 is 22.0 Å². The van der Waals surface area contributed by atoms with Crippen LogP contribution in [0.2, 0.25) is 5.02 Å². The average Bonchev–Trinajstić information content (AvgIpc) is 2.63. The van der Waals surface area contributed by atoms with Gasteiger partial charge in [0.1, 0.15) is 10.6 Å². The van der Waals surface area contributed by atoms with Crippen molar-refractivity contribution in [1.82, 2.24) is 4.72 Å². The van der Waals surface area contributed by atoms with Crippen LogP contribution in [0.1, 0.15) is 17.3 Å². The molecule has 1 heterocycles. The molecule has 1 aliphatic rings. The van der Waals surface area contributed by atoms with E-state index in [4.69, 9.17) is 16.3 Å². The summed E-state index contributed by atoms with van der Waals surface area (Å²) in [7, 11) is -2.55. The number of anilines is 2. The van der Waals surface area contributed by atoms with Crippen LogP contribution in [0.15, 0.2) is 41.3 Å². The van der Waals surface area contributed by atoms with Gasteiger partial charge >= 0.3 is 0 Å². The van der Waals surface area contributed by atoms with Gasteiger partial charge in [0, 0.05) is 11.3 Å². The Hall–Kier alpha value is -2.62. The Balaban J connectivity index is 1.85. The van der Waals surface area contributed by atoms with Crippen molar-refractivity contribution in [1.29, 1.82) is 0 Å². The molecule has 8 nitrogen and oxygen atoms in total. The number of hydrogen-bond donors (Lipinski definition) is 3. The predicted octanol–water partition coefficient (Wildman–Crippen LogP) is 2.22. The number of carbonyl (C=O) groups is 2. The zero-order chi connectivity index (χ0) is 19.8. The van der Waals surface area contributed by atoms with Crippen molar-refractivity contribution in [3.63, 3.8) is 0 Å². The van der Waals surface area contributed by atoms with Crippen molar-refractivity contribution in [2.24, 2.45) is 0 Å². The minimum absolute atomic E-state index is 0.00339. The molecule has 27 heavy (non-hydrogen) atoms. The predicted molar refractivity (Wildman–Crippen MR) is 101 cm³/mol. The molecule has 2 amide bonds. The fraction of sp³-hybridized carbons (Fsp3) is 0.176. The highest BCUT2D eigenvalue weighted by Gasteiger charge is 2.24. The second-order valence-corrected chi connectivity index (χ2v) is 8.03. The third-order valence-electron chi connectivity index (χ3n) is 3.92. The Kier molecular flexibility index (Phi) is 5.09. The van der Waals surface area contributed by atoms with Crippen molar-refractivity contribution in [2.45, 2.75) is 17.9 Å². The second kappa shape index (κ2) is 7.18. The molecule has 142 valence electrons. The summed E-state index contributed by atoms with van der Waals surface area (Å²) < 4.78 is 31.6. The first-order chi connectivity index (χ1) is 12.7. The minimum atomic E-state index is -3.81. The quantitative estimate of drug-likeness (QED) is 0.716. The standard InChI is InChI=1S/C17H16ClN3O5S/c1-9-16(22)21-13-8-11(4-6-14(13)26-9)20-17(23)10-3-5-12(18)15(7-10)27(24,25)19-2/h3-9,19H,1-2H3,(H,20,23)(H,21,22)/t9-/m0/s1. The monoisotopic (exact) mass is 409 g/mol. The first kappa shape index (κ1) is 19.2. The molecule has 0 fully saturated rings. The van der Waals surface area contributed by atoms with E-state index >= 15 is 0 Å². The number of sulfonamides is 1. The molecular weight excluding hydrogens is 394 g/mol. The lowest BCUT2D eigenvalue weighted by Crippen LogP contribution is -2.34. The number of nitrogens with one attached hydrogen (secondary N) is 3. The van der Waals surface area contributed by atoms with E-state index in [1.165, 1.54) is 25.2 Å². The second-order valence-electron chi connectivity index (χ2n) is 5.77. The number of benzene rings is 2. The Bertz CT molecular complexity index is 1040. The molecule has 2 aromatic carbocycles. The first-order valence-electron chi connectivity index (χ1n) is 7.87. The summed E-state index contributed by atoms with van der Waals surface area (Å²) in [6, 6.07) is 8.73. The third kappa shape index (κ3) is 3.90. The van der Waals surface area contributed by atoms with Gasteiger partial charge in [-0.2, -0.15) is 0 Å². The van der Waals surface area contributed by atoms with E-state index in [1.54, 1.807) is 25.1 Å². The minimum Gasteiger partial charge on any atom is -0.479 e. The number of ether oxygens (including phenoxy) is 1. The van der Waals surface area contributed by atoms with Crippen molar-refractivity contribution < 1.29 is 22.7 Å². The number of amides is 2. The van der Waals surface area contributed by atoms with Crippen molar-refractivity contribution >= 4 is 44.8 Å². The van der Waals surface area contributed by atoms with Gasteiger partial charge in [-0.05, 0) is 50.4 Å². The lowest BCUT2D eigenvalue weighted by atomic mass is 10.2. The molecule has 0 bridgehead atoms. The van der Waals surface area contributed by atoms with Crippen molar-refractivity contribution in [2.75, 3.05) is 17.7 Å². The number of halogens is 1. The van der Waals surface area contributed by atoms with Crippen LogP contribution in [-0.2, 0) is 14.8 Å². The molecule has 0 aliphatic carbocycles. The molecule has 0 saturated heterocycles. The fourth-order valence-corrected chi connectivity index (χ4v) is 3.70. The van der Waals surface area contributed by atoms with Gasteiger partial charge in [0.2, 0.25) is 10.0 Å². The van der Waals surface area contributed by atoms with Gasteiger partial charge in [0.15, 0.2) is 6.10 Å². The topological polar surface area (TPSA) is 114 Å². The molecule has 1 aliphatic heterocycles. The van der Waals surface area contributed by atoms with Gasteiger partial charge in [0.25, 0.3) is 11.8 Å². The first-order valence-corrected chi connectivity index (χ1v) is 9.73. The van der Waals surface area contributed by atoms with Crippen LogP contribution in [0.3, 0.4) is 0 Å². The highest BCUT2D eigenvalue weighted by atomic mass is 35.5. The summed E-state index contributed by atoms with van der Waals surface area (Å²) in [4.78, 5) is 24.0. The Morgan fingerprint density at radius 1 is 1.22 bits per heavy atom. The number of carbonyl (C=O) groups excluding carboxylic acids is 2. The normalized spacial score (nSPS) is 16.1. The van der Waals surface area contributed by atoms with E-state index in [0.717, 1.165) is 0 Å². The summed E-state index contributed by atoms with van der Waals surface area (Å²) in [5.74, 6) is -0.324. The molecule has 0 spiro atoms. The highest BCUT2D eigenvalue weighted by molar-refractivity contribution is 7.89. The number of fused-ring (bicyclic) bond motifs is 1. The highest BCUT2D eigenvalue weighted by Crippen LogP contribution is 2.32. The van der Waals surface area contributed by atoms with Crippen LogP contribution in [0.5, 0.6) is 5.75 Å². The molecule has 1 atom stereocenters. The van der Waals surface area contributed by atoms with Gasteiger partial charge in [-0.25, -0.2) is 13.1 Å². The van der Waals surface area contributed by atoms with E-state index in [0.29, 0.717) is 17.1 Å². The van der Waals surface area contributed by atoms with Gasteiger partial charge in [0.05, 0.1) is 10.7 Å². The van der Waals surface area contributed by atoms with Crippen molar-refractivity contribution in [3.8, 4) is 5.75 Å². The lowest BCUT2D eigenvalue weighted by Gasteiger charge is -2.23. The SMILES string of the molecule is CNS(=O)(=O)c1cc(C(=O)Nc2ccc3c(c2)NC(=O)[C@H](C)O3)ccc1Cl. The zero-order valence-electron chi connectivity index (χ0n) is 14.4. The molecule has 0 aromatic heterocycles. The van der Waals surface area contributed by atoms with Gasteiger partial charge < -0.3 is 15.4 Å². The summed E-state index contributed by atoms with van der Waals surface area (Å²) >= 11 is 5.92. The average molecular weight is 410 g/mol. The van der Waals surface area contributed by atoms with Gasteiger partial charge in [-0.1, -0.05) is 11.6 Å². The molecule has 10 heteroatoms. The van der Waals surface area contributed by atoms with E-state index in [2.05, 4.69) is 15.4 Å². The van der Waals surface area contributed by atoms with Crippen LogP contribution in [0.4, 0.5) is 11.4 Å². The Morgan fingerprint density at radius 3 is 2.67 bits per heavy atom.